The Morgan fingerprint density at radius 2 is 2.22 bits per heavy atom. The smallest absolute Gasteiger partial charge is 0.242 e. The Morgan fingerprint density at radius 1 is 1.56 bits per heavy atom. The van der Waals surface area contributed by atoms with Crippen molar-refractivity contribution >= 4 is 5.91 Å². The molecule has 0 radical (unpaired) electrons. The van der Waals surface area contributed by atoms with Gasteiger partial charge in [0.05, 0.1) is 0 Å². The van der Waals surface area contributed by atoms with E-state index in [9.17, 15) is 9.18 Å². The third-order valence-electron chi connectivity index (χ3n) is 3.68. The summed E-state index contributed by atoms with van der Waals surface area (Å²) in [4.78, 5) is 11.7. The molecule has 0 heterocycles. The van der Waals surface area contributed by atoms with Gasteiger partial charge >= 0.3 is 0 Å². The zero-order chi connectivity index (χ0) is 13.3. The number of carbonyl (C=O) groups is 1. The first kappa shape index (κ1) is 13.0. The molecule has 0 saturated heterocycles. The Kier molecular flexibility index (Phi) is 3.39. The number of amides is 1. The minimum absolute atomic E-state index is 0.312. The lowest BCUT2D eigenvalue weighted by Crippen LogP contribution is -2.51. The van der Waals surface area contributed by atoms with Gasteiger partial charge in [-0.15, -0.1) is 0 Å². The average molecular weight is 250 g/mol. The Balaban J connectivity index is 2.26. The second-order valence-corrected chi connectivity index (χ2v) is 5.28. The number of halogens is 1. The number of carbonyl (C=O) groups excluding carboxylic acids is 1. The van der Waals surface area contributed by atoms with Gasteiger partial charge < -0.3 is 5.73 Å². The summed E-state index contributed by atoms with van der Waals surface area (Å²) in [7, 11) is 0. The van der Waals surface area contributed by atoms with Crippen LogP contribution >= 0.6 is 0 Å². The van der Waals surface area contributed by atoms with Crippen molar-refractivity contribution in [3.8, 4) is 0 Å². The minimum Gasteiger partial charge on any atom is -0.368 e. The number of aryl methyl sites for hydroxylation is 1. The number of primary amides is 1. The number of rotatable bonds is 5. The molecular weight excluding hydrogens is 231 g/mol. The lowest BCUT2D eigenvalue weighted by Gasteiger charge is -2.28. The topological polar surface area (TPSA) is 55.1 Å². The van der Waals surface area contributed by atoms with Crippen LogP contribution in [0.1, 0.15) is 30.9 Å². The van der Waals surface area contributed by atoms with Gasteiger partial charge in [-0.2, -0.15) is 0 Å². The Hall–Kier alpha value is -1.42. The van der Waals surface area contributed by atoms with Crippen molar-refractivity contribution in [1.29, 1.82) is 0 Å². The van der Waals surface area contributed by atoms with Crippen molar-refractivity contribution in [1.82, 2.24) is 5.32 Å². The van der Waals surface area contributed by atoms with E-state index in [1.807, 2.05) is 0 Å². The molecule has 3 N–H and O–H groups in total. The molecule has 0 aliphatic heterocycles. The van der Waals surface area contributed by atoms with E-state index in [1.54, 1.807) is 26.0 Å². The van der Waals surface area contributed by atoms with Gasteiger partial charge in [0.15, 0.2) is 0 Å². The summed E-state index contributed by atoms with van der Waals surface area (Å²) in [6.07, 6.45) is 2.37. The van der Waals surface area contributed by atoms with Crippen LogP contribution in [0.2, 0.25) is 0 Å². The molecule has 1 amide bonds. The van der Waals surface area contributed by atoms with Gasteiger partial charge in [-0.05, 0) is 56.3 Å². The molecule has 98 valence electrons. The summed E-state index contributed by atoms with van der Waals surface area (Å²) < 4.78 is 13.6. The molecule has 1 saturated carbocycles. The average Bonchev–Trinajstić information content (AvgIpc) is 3.13. The fourth-order valence-corrected chi connectivity index (χ4v) is 1.91. The van der Waals surface area contributed by atoms with Crippen molar-refractivity contribution in [2.24, 2.45) is 11.7 Å². The van der Waals surface area contributed by atoms with Crippen LogP contribution < -0.4 is 11.1 Å². The van der Waals surface area contributed by atoms with Crippen LogP contribution in [-0.4, -0.2) is 12.5 Å². The molecule has 2 rings (SSSR count). The first-order chi connectivity index (χ1) is 8.43. The SMILES string of the molecule is Cc1ccc(C(C)(NCC2CC2)C(N)=O)cc1F. The Morgan fingerprint density at radius 3 is 2.72 bits per heavy atom. The maximum Gasteiger partial charge on any atom is 0.242 e. The Bertz CT molecular complexity index is 471. The standard InChI is InChI=1S/C14H19FN2O/c1-9-3-6-11(7-12(9)15)14(2,13(16)18)17-8-10-4-5-10/h3,6-7,10,17H,4-5,8H2,1-2H3,(H2,16,18). The highest BCUT2D eigenvalue weighted by Crippen LogP contribution is 2.30. The lowest BCUT2D eigenvalue weighted by molar-refractivity contribution is -0.124. The van der Waals surface area contributed by atoms with E-state index in [4.69, 9.17) is 5.73 Å². The third kappa shape index (κ3) is 2.53. The van der Waals surface area contributed by atoms with Crippen LogP contribution in [0.4, 0.5) is 4.39 Å². The Labute approximate surface area is 107 Å². The molecule has 3 nitrogen and oxygen atoms in total. The zero-order valence-corrected chi connectivity index (χ0v) is 10.8. The number of benzene rings is 1. The summed E-state index contributed by atoms with van der Waals surface area (Å²) in [5.74, 6) is -0.168. The molecule has 0 bridgehead atoms. The second-order valence-electron chi connectivity index (χ2n) is 5.28. The maximum absolute atomic E-state index is 13.6. The number of hydrogen-bond acceptors (Lipinski definition) is 2. The van der Waals surface area contributed by atoms with Crippen LogP contribution in [0.15, 0.2) is 18.2 Å². The highest BCUT2D eigenvalue weighted by atomic mass is 19.1. The van der Waals surface area contributed by atoms with Gasteiger partial charge in [0.25, 0.3) is 0 Å². The second kappa shape index (κ2) is 4.69. The van der Waals surface area contributed by atoms with Gasteiger partial charge in [0.1, 0.15) is 11.4 Å². The highest BCUT2D eigenvalue weighted by Gasteiger charge is 2.35. The number of nitrogens with one attached hydrogen (secondary N) is 1. The summed E-state index contributed by atoms with van der Waals surface area (Å²) >= 11 is 0. The van der Waals surface area contributed by atoms with E-state index in [-0.39, 0.29) is 5.82 Å². The van der Waals surface area contributed by atoms with Crippen molar-refractivity contribution in [3.05, 3.63) is 35.1 Å². The molecule has 0 aromatic heterocycles. The summed E-state index contributed by atoms with van der Waals surface area (Å²) in [5.41, 5.74) is 5.62. The zero-order valence-electron chi connectivity index (χ0n) is 10.8. The third-order valence-corrected chi connectivity index (χ3v) is 3.68. The van der Waals surface area contributed by atoms with E-state index in [1.165, 1.54) is 18.9 Å². The monoisotopic (exact) mass is 250 g/mol. The largest absolute Gasteiger partial charge is 0.368 e. The first-order valence-electron chi connectivity index (χ1n) is 6.25. The fraction of sp³-hybridized carbons (Fsp3) is 0.500. The molecule has 1 aromatic carbocycles. The minimum atomic E-state index is -1.00. The molecule has 1 atom stereocenters. The van der Waals surface area contributed by atoms with Crippen LogP contribution in [0, 0.1) is 18.7 Å². The van der Waals surface area contributed by atoms with E-state index < -0.39 is 11.4 Å². The van der Waals surface area contributed by atoms with E-state index in [0.717, 1.165) is 6.54 Å². The van der Waals surface area contributed by atoms with E-state index in [2.05, 4.69) is 5.32 Å². The molecule has 1 aliphatic carbocycles. The fourth-order valence-electron chi connectivity index (χ4n) is 1.91. The number of hydrogen-bond donors (Lipinski definition) is 2. The van der Waals surface area contributed by atoms with E-state index in [0.29, 0.717) is 17.0 Å². The van der Waals surface area contributed by atoms with Gasteiger partial charge in [-0.25, -0.2) is 4.39 Å². The lowest BCUT2D eigenvalue weighted by atomic mass is 9.90. The molecular formula is C14H19FN2O. The highest BCUT2D eigenvalue weighted by molar-refractivity contribution is 5.85. The molecule has 0 spiro atoms. The predicted octanol–water partition coefficient (Wildman–Crippen LogP) is 1.83. The summed E-state index contributed by atoms with van der Waals surface area (Å²) in [5, 5.41) is 3.18. The van der Waals surface area contributed by atoms with Gasteiger partial charge in [-0.3, -0.25) is 10.1 Å². The molecule has 1 unspecified atom stereocenters. The quantitative estimate of drug-likeness (QED) is 0.837. The molecule has 1 aromatic rings. The van der Waals surface area contributed by atoms with Crippen LogP contribution in [0.25, 0.3) is 0 Å². The molecule has 18 heavy (non-hydrogen) atoms. The summed E-state index contributed by atoms with van der Waals surface area (Å²) in [6.45, 7) is 4.15. The molecule has 1 aliphatic rings. The van der Waals surface area contributed by atoms with Crippen LogP contribution in [-0.2, 0) is 10.3 Å². The van der Waals surface area contributed by atoms with Crippen molar-refractivity contribution in [2.75, 3.05) is 6.54 Å². The number of nitrogens with two attached hydrogens (primary N) is 1. The van der Waals surface area contributed by atoms with Crippen LogP contribution in [0.3, 0.4) is 0 Å². The van der Waals surface area contributed by atoms with E-state index >= 15 is 0 Å². The van der Waals surface area contributed by atoms with Crippen molar-refractivity contribution in [3.63, 3.8) is 0 Å². The predicted molar refractivity (Wildman–Crippen MR) is 68.4 cm³/mol. The summed E-state index contributed by atoms with van der Waals surface area (Å²) in [6, 6.07) is 4.81. The maximum atomic E-state index is 13.6. The van der Waals surface area contributed by atoms with Crippen LogP contribution in [0.5, 0.6) is 0 Å². The van der Waals surface area contributed by atoms with Gasteiger partial charge in [-0.1, -0.05) is 12.1 Å². The van der Waals surface area contributed by atoms with Crippen molar-refractivity contribution < 1.29 is 9.18 Å². The van der Waals surface area contributed by atoms with Gasteiger partial charge in [0, 0.05) is 0 Å². The normalized spacial score (nSPS) is 18.4. The molecule has 4 heteroatoms. The van der Waals surface area contributed by atoms with Gasteiger partial charge in [0.2, 0.25) is 5.91 Å². The first-order valence-corrected chi connectivity index (χ1v) is 6.25. The molecule has 1 fully saturated rings. The van der Waals surface area contributed by atoms with Crippen molar-refractivity contribution in [2.45, 2.75) is 32.2 Å².